The van der Waals surface area contributed by atoms with Crippen LogP contribution in [0, 0.1) is 5.92 Å². The maximum absolute atomic E-state index is 11.6. The number of carbonyl (C=O) groups excluding carboxylic acids is 1. The summed E-state index contributed by atoms with van der Waals surface area (Å²) in [5, 5.41) is 5.52. The van der Waals surface area contributed by atoms with E-state index in [1.807, 2.05) is 24.3 Å². The van der Waals surface area contributed by atoms with Crippen LogP contribution in [0.2, 0.25) is 0 Å². The number of urea groups is 1. The van der Waals surface area contributed by atoms with E-state index in [1.165, 1.54) is 0 Å². The molecule has 1 aromatic carbocycles. The van der Waals surface area contributed by atoms with Gasteiger partial charge in [-0.3, -0.25) is 0 Å². The van der Waals surface area contributed by atoms with Crippen molar-refractivity contribution in [2.75, 3.05) is 25.1 Å². The number of amides is 2. The zero-order valence-corrected chi connectivity index (χ0v) is 12.3. The van der Waals surface area contributed by atoms with Crippen molar-refractivity contribution in [2.45, 2.75) is 26.8 Å². The lowest BCUT2D eigenvalue weighted by atomic mass is 10.1. The predicted molar refractivity (Wildman–Crippen MR) is 81.6 cm³/mol. The van der Waals surface area contributed by atoms with Crippen LogP contribution in [0.15, 0.2) is 24.3 Å². The second-order valence-electron chi connectivity index (χ2n) is 5.08. The molecule has 0 saturated heterocycles. The van der Waals surface area contributed by atoms with Crippen molar-refractivity contribution in [3.05, 3.63) is 29.8 Å². The molecule has 1 aromatic rings. The molecule has 0 fully saturated rings. The number of nitrogens with two attached hydrogens (primary N) is 1. The highest BCUT2D eigenvalue weighted by Gasteiger charge is 2.01. The second-order valence-corrected chi connectivity index (χ2v) is 5.08. The fourth-order valence-electron chi connectivity index (χ4n) is 1.61. The largest absolute Gasteiger partial charge is 0.380 e. The molecule has 0 spiro atoms. The smallest absolute Gasteiger partial charge is 0.319 e. The van der Waals surface area contributed by atoms with Crippen molar-refractivity contribution >= 4 is 11.7 Å². The second kappa shape index (κ2) is 9.34. The molecular weight excluding hydrogens is 254 g/mol. The van der Waals surface area contributed by atoms with Gasteiger partial charge in [0.1, 0.15) is 0 Å². The number of anilines is 1. The standard InChI is InChI=1S/C15H25N3O2/c1-12(2)6-8-20-9-7-17-15(19)18-14-5-3-4-13(10-14)11-16/h3-5,10,12H,6-9,11,16H2,1-2H3,(H2,17,18,19). The highest BCUT2D eigenvalue weighted by molar-refractivity contribution is 5.89. The highest BCUT2D eigenvalue weighted by Crippen LogP contribution is 2.09. The van der Waals surface area contributed by atoms with E-state index in [1.54, 1.807) is 0 Å². The molecule has 0 atom stereocenters. The number of rotatable bonds is 8. The zero-order chi connectivity index (χ0) is 14.8. The van der Waals surface area contributed by atoms with Crippen LogP contribution in [-0.4, -0.2) is 25.8 Å². The van der Waals surface area contributed by atoms with Crippen molar-refractivity contribution in [2.24, 2.45) is 11.7 Å². The molecule has 0 heterocycles. The van der Waals surface area contributed by atoms with Gasteiger partial charge in [-0.05, 0) is 30.0 Å². The van der Waals surface area contributed by atoms with Crippen LogP contribution in [0.5, 0.6) is 0 Å². The van der Waals surface area contributed by atoms with Gasteiger partial charge in [-0.25, -0.2) is 4.79 Å². The van der Waals surface area contributed by atoms with E-state index < -0.39 is 0 Å². The van der Waals surface area contributed by atoms with Gasteiger partial charge in [-0.2, -0.15) is 0 Å². The number of benzene rings is 1. The summed E-state index contributed by atoms with van der Waals surface area (Å²) in [5.74, 6) is 0.640. The Kier molecular flexibility index (Phi) is 7.69. The number of carbonyl (C=O) groups is 1. The lowest BCUT2D eigenvalue weighted by molar-refractivity contribution is 0.126. The zero-order valence-electron chi connectivity index (χ0n) is 12.3. The highest BCUT2D eigenvalue weighted by atomic mass is 16.5. The molecule has 20 heavy (non-hydrogen) atoms. The van der Waals surface area contributed by atoms with Gasteiger partial charge in [0, 0.05) is 25.4 Å². The Labute approximate surface area is 120 Å². The van der Waals surface area contributed by atoms with Crippen LogP contribution in [0.25, 0.3) is 0 Å². The van der Waals surface area contributed by atoms with Gasteiger partial charge in [-0.1, -0.05) is 26.0 Å². The quantitative estimate of drug-likeness (QED) is 0.639. The van der Waals surface area contributed by atoms with E-state index in [0.717, 1.165) is 24.3 Å². The normalized spacial score (nSPS) is 10.6. The molecule has 0 saturated carbocycles. The molecule has 0 aliphatic heterocycles. The molecule has 0 aliphatic rings. The van der Waals surface area contributed by atoms with E-state index in [9.17, 15) is 4.79 Å². The van der Waals surface area contributed by atoms with Crippen molar-refractivity contribution in [1.82, 2.24) is 5.32 Å². The van der Waals surface area contributed by atoms with Gasteiger partial charge in [-0.15, -0.1) is 0 Å². The van der Waals surface area contributed by atoms with Gasteiger partial charge in [0.25, 0.3) is 0 Å². The fraction of sp³-hybridized carbons (Fsp3) is 0.533. The molecular formula is C15H25N3O2. The average molecular weight is 279 g/mol. The van der Waals surface area contributed by atoms with Crippen LogP contribution in [0.4, 0.5) is 10.5 Å². The third-order valence-electron chi connectivity index (χ3n) is 2.79. The van der Waals surface area contributed by atoms with E-state index in [-0.39, 0.29) is 6.03 Å². The Morgan fingerprint density at radius 1 is 1.35 bits per heavy atom. The molecule has 1 rings (SSSR count). The number of hydrogen-bond donors (Lipinski definition) is 3. The van der Waals surface area contributed by atoms with Gasteiger partial charge in [0.2, 0.25) is 0 Å². The van der Waals surface area contributed by atoms with E-state index in [4.69, 9.17) is 10.5 Å². The maximum atomic E-state index is 11.6. The summed E-state index contributed by atoms with van der Waals surface area (Å²) in [6.07, 6.45) is 1.04. The van der Waals surface area contributed by atoms with Gasteiger partial charge < -0.3 is 21.1 Å². The number of hydrogen-bond acceptors (Lipinski definition) is 3. The molecule has 4 N–H and O–H groups in total. The van der Waals surface area contributed by atoms with Crippen molar-refractivity contribution in [1.29, 1.82) is 0 Å². The summed E-state index contributed by atoms with van der Waals surface area (Å²) in [5.41, 5.74) is 7.28. The summed E-state index contributed by atoms with van der Waals surface area (Å²) >= 11 is 0. The van der Waals surface area contributed by atoms with Crippen LogP contribution in [-0.2, 0) is 11.3 Å². The first-order valence-electron chi connectivity index (χ1n) is 7.03. The first-order chi connectivity index (χ1) is 9.61. The minimum Gasteiger partial charge on any atom is -0.380 e. The monoisotopic (exact) mass is 279 g/mol. The Morgan fingerprint density at radius 3 is 2.85 bits per heavy atom. The molecule has 2 amide bonds. The van der Waals surface area contributed by atoms with E-state index in [0.29, 0.717) is 25.6 Å². The first-order valence-corrected chi connectivity index (χ1v) is 7.03. The van der Waals surface area contributed by atoms with Crippen LogP contribution in [0.1, 0.15) is 25.8 Å². The summed E-state index contributed by atoms with van der Waals surface area (Å²) < 4.78 is 5.42. The van der Waals surface area contributed by atoms with Crippen molar-refractivity contribution in [3.8, 4) is 0 Å². The average Bonchev–Trinajstić information content (AvgIpc) is 2.42. The Morgan fingerprint density at radius 2 is 2.15 bits per heavy atom. The van der Waals surface area contributed by atoms with Crippen molar-refractivity contribution in [3.63, 3.8) is 0 Å². The minimum atomic E-state index is -0.230. The summed E-state index contributed by atoms with van der Waals surface area (Å²) in [4.78, 5) is 11.6. The lowest BCUT2D eigenvalue weighted by Gasteiger charge is -2.09. The van der Waals surface area contributed by atoms with Gasteiger partial charge >= 0.3 is 6.03 Å². The lowest BCUT2D eigenvalue weighted by Crippen LogP contribution is -2.31. The van der Waals surface area contributed by atoms with Gasteiger partial charge in [0.05, 0.1) is 6.61 Å². The summed E-state index contributed by atoms with van der Waals surface area (Å²) in [6.45, 7) is 6.54. The minimum absolute atomic E-state index is 0.230. The molecule has 5 nitrogen and oxygen atoms in total. The van der Waals surface area contributed by atoms with Gasteiger partial charge in [0.15, 0.2) is 0 Å². The molecule has 112 valence electrons. The molecule has 5 heteroatoms. The topological polar surface area (TPSA) is 76.4 Å². The maximum Gasteiger partial charge on any atom is 0.319 e. The fourth-order valence-corrected chi connectivity index (χ4v) is 1.61. The first kappa shape index (κ1) is 16.5. The van der Waals surface area contributed by atoms with Crippen LogP contribution >= 0.6 is 0 Å². The third kappa shape index (κ3) is 7.11. The summed E-state index contributed by atoms with van der Waals surface area (Å²) in [7, 11) is 0. The van der Waals surface area contributed by atoms with Crippen LogP contribution < -0.4 is 16.4 Å². The van der Waals surface area contributed by atoms with E-state index >= 15 is 0 Å². The van der Waals surface area contributed by atoms with E-state index in [2.05, 4.69) is 24.5 Å². The number of ether oxygens (including phenoxy) is 1. The number of nitrogens with one attached hydrogen (secondary N) is 2. The molecule has 0 unspecified atom stereocenters. The summed E-state index contributed by atoms with van der Waals surface area (Å²) in [6, 6.07) is 7.25. The van der Waals surface area contributed by atoms with Crippen molar-refractivity contribution < 1.29 is 9.53 Å². The predicted octanol–water partition coefficient (Wildman–Crippen LogP) is 2.33. The molecule has 0 aromatic heterocycles. The SMILES string of the molecule is CC(C)CCOCCNC(=O)Nc1cccc(CN)c1. The van der Waals surface area contributed by atoms with Crippen LogP contribution in [0.3, 0.4) is 0 Å². The third-order valence-corrected chi connectivity index (χ3v) is 2.79. The Bertz CT molecular complexity index is 408. The Hall–Kier alpha value is -1.59. The Balaban J connectivity index is 2.16. The molecule has 0 aliphatic carbocycles. The molecule has 0 bridgehead atoms. The molecule has 0 radical (unpaired) electrons.